The second-order valence-electron chi connectivity index (χ2n) is 3.48. The topological polar surface area (TPSA) is 12.0 Å². The van der Waals surface area contributed by atoms with Gasteiger partial charge in [0.2, 0.25) is 7.55 Å². The molecule has 0 radical (unpaired) electrons. The Kier molecular flexibility index (Phi) is 4.67. The quantitative estimate of drug-likeness (QED) is 0.535. The molecular weight excluding hydrogens is 174 g/mol. The third-order valence-electron chi connectivity index (χ3n) is 2.55. The van der Waals surface area contributed by atoms with Crippen LogP contribution in [0.2, 0.25) is 11.1 Å². The van der Waals surface area contributed by atoms with Crippen LogP contribution in [-0.2, 0) is 0 Å². The predicted octanol–water partition coefficient (Wildman–Crippen LogP) is 3.10. The van der Waals surface area contributed by atoms with Crippen LogP contribution in [0.1, 0.15) is 34.1 Å². The molecule has 0 aliphatic rings. The fourth-order valence-corrected chi connectivity index (χ4v) is 4.67. The van der Waals surface area contributed by atoms with Gasteiger partial charge in [-0.1, -0.05) is 34.1 Å². The number of nitrogens with one attached hydrogen (secondary N) is 1. The summed E-state index contributed by atoms with van der Waals surface area (Å²) in [6.07, 6.45) is 1.18. The smallest absolute Gasteiger partial charge is 0.231 e. The third kappa shape index (κ3) is 2.46. The molecule has 1 nitrogen and oxygen atoms in total. The maximum Gasteiger partial charge on any atom is 0.231 e. The Hall–Kier alpha value is 0.467. The van der Waals surface area contributed by atoms with E-state index in [0.29, 0.717) is 11.1 Å². The van der Waals surface area contributed by atoms with Crippen LogP contribution >= 0.6 is 11.1 Å². The standard InChI is InChI=1S/C8H20ClNSi/c1-6-8(4)11(9,10-5)7(2)3/h7-8,10H,6H2,1-5H3. The molecule has 0 saturated carbocycles. The molecule has 68 valence electrons. The molecule has 2 unspecified atom stereocenters. The van der Waals surface area contributed by atoms with Gasteiger partial charge in [0.1, 0.15) is 0 Å². The molecule has 0 aromatic rings. The van der Waals surface area contributed by atoms with Gasteiger partial charge in [-0.3, -0.25) is 0 Å². The summed E-state index contributed by atoms with van der Waals surface area (Å²) in [7, 11) is 0.310. The zero-order valence-electron chi connectivity index (χ0n) is 8.24. The zero-order valence-corrected chi connectivity index (χ0v) is 10.00. The maximum atomic E-state index is 6.54. The molecule has 0 fully saturated rings. The first kappa shape index (κ1) is 11.5. The summed E-state index contributed by atoms with van der Waals surface area (Å²) in [6.45, 7) is 8.87. The first-order chi connectivity index (χ1) is 4.99. The summed E-state index contributed by atoms with van der Waals surface area (Å²) in [5.41, 5.74) is 1.25. The summed E-state index contributed by atoms with van der Waals surface area (Å²) >= 11 is 6.54. The highest BCUT2D eigenvalue weighted by atomic mass is 35.6. The highest BCUT2D eigenvalue weighted by molar-refractivity contribution is 7.20. The van der Waals surface area contributed by atoms with Gasteiger partial charge in [0, 0.05) is 0 Å². The van der Waals surface area contributed by atoms with Crippen molar-refractivity contribution in [2.45, 2.75) is 45.2 Å². The van der Waals surface area contributed by atoms with Gasteiger partial charge in [-0.2, -0.15) is 0 Å². The zero-order chi connectivity index (χ0) is 9.07. The highest BCUT2D eigenvalue weighted by Crippen LogP contribution is 2.34. The molecule has 0 rings (SSSR count). The average molecular weight is 194 g/mol. The summed E-state index contributed by atoms with van der Waals surface area (Å²) in [5, 5.41) is 0. The largest absolute Gasteiger partial charge is 0.328 e. The number of hydrogen-bond acceptors (Lipinski definition) is 1. The molecule has 1 N–H and O–H groups in total. The third-order valence-corrected chi connectivity index (χ3v) is 9.84. The van der Waals surface area contributed by atoms with E-state index in [4.69, 9.17) is 11.1 Å². The molecule has 0 heterocycles. The van der Waals surface area contributed by atoms with E-state index in [0.717, 1.165) is 0 Å². The molecular formula is C8H20ClNSi. The van der Waals surface area contributed by atoms with E-state index in [-0.39, 0.29) is 0 Å². The molecule has 2 atom stereocenters. The molecule has 0 aliphatic carbocycles. The van der Waals surface area contributed by atoms with Crippen molar-refractivity contribution in [3.8, 4) is 0 Å². The van der Waals surface area contributed by atoms with E-state index in [2.05, 4.69) is 32.7 Å². The van der Waals surface area contributed by atoms with Crippen LogP contribution in [0.25, 0.3) is 0 Å². The minimum Gasteiger partial charge on any atom is -0.328 e. The molecule has 11 heavy (non-hydrogen) atoms. The van der Waals surface area contributed by atoms with Gasteiger partial charge < -0.3 is 4.98 Å². The lowest BCUT2D eigenvalue weighted by Crippen LogP contribution is -2.49. The van der Waals surface area contributed by atoms with Gasteiger partial charge in [0.15, 0.2) is 0 Å². The van der Waals surface area contributed by atoms with Crippen molar-refractivity contribution in [2.75, 3.05) is 7.05 Å². The van der Waals surface area contributed by atoms with Crippen LogP contribution in [-0.4, -0.2) is 14.6 Å². The lowest BCUT2D eigenvalue weighted by molar-refractivity contribution is 0.789. The van der Waals surface area contributed by atoms with E-state index in [1.165, 1.54) is 6.42 Å². The fraction of sp³-hybridized carbons (Fsp3) is 1.00. The fourth-order valence-electron chi connectivity index (χ4n) is 1.40. The molecule has 3 heteroatoms. The Bertz CT molecular complexity index is 119. The van der Waals surface area contributed by atoms with E-state index in [1.54, 1.807) is 0 Å². The van der Waals surface area contributed by atoms with Crippen LogP contribution in [0.3, 0.4) is 0 Å². The Morgan fingerprint density at radius 2 is 1.82 bits per heavy atom. The first-order valence-corrected chi connectivity index (χ1v) is 7.53. The molecule has 0 aliphatic heterocycles. The van der Waals surface area contributed by atoms with Gasteiger partial charge in [-0.05, 0) is 18.1 Å². The number of rotatable bonds is 4. The Balaban J connectivity index is 4.32. The molecule has 0 aromatic heterocycles. The molecule has 0 saturated heterocycles. The molecule has 0 spiro atoms. The summed E-state index contributed by atoms with van der Waals surface area (Å²) < 4.78 is 0. The first-order valence-electron chi connectivity index (χ1n) is 4.36. The van der Waals surface area contributed by atoms with Gasteiger partial charge >= 0.3 is 0 Å². The van der Waals surface area contributed by atoms with Crippen LogP contribution in [0.5, 0.6) is 0 Å². The van der Waals surface area contributed by atoms with Gasteiger partial charge in [-0.15, -0.1) is 11.1 Å². The van der Waals surface area contributed by atoms with Crippen LogP contribution in [0, 0.1) is 0 Å². The Labute approximate surface area is 76.3 Å². The van der Waals surface area contributed by atoms with Gasteiger partial charge in [-0.25, -0.2) is 0 Å². The summed E-state index contributed by atoms with van der Waals surface area (Å²) in [4.78, 5) is 3.33. The van der Waals surface area contributed by atoms with Crippen LogP contribution < -0.4 is 4.98 Å². The van der Waals surface area contributed by atoms with E-state index in [9.17, 15) is 0 Å². The second-order valence-corrected chi connectivity index (χ2v) is 9.53. The summed E-state index contributed by atoms with van der Waals surface area (Å²) in [5.74, 6) is 0. The minimum atomic E-state index is -1.68. The average Bonchev–Trinajstić information content (AvgIpc) is 2.01. The number of hydrogen-bond donors (Lipinski definition) is 1. The van der Waals surface area contributed by atoms with Crippen LogP contribution in [0.15, 0.2) is 0 Å². The lowest BCUT2D eigenvalue weighted by atomic mass is 10.4. The van der Waals surface area contributed by atoms with Crippen molar-refractivity contribution in [1.29, 1.82) is 0 Å². The van der Waals surface area contributed by atoms with Crippen molar-refractivity contribution in [1.82, 2.24) is 4.98 Å². The predicted molar refractivity (Wildman–Crippen MR) is 55.5 cm³/mol. The van der Waals surface area contributed by atoms with Gasteiger partial charge in [0.25, 0.3) is 0 Å². The van der Waals surface area contributed by atoms with Crippen molar-refractivity contribution in [3.05, 3.63) is 0 Å². The SMILES string of the molecule is CCC(C)[Si](Cl)(NC)C(C)C. The van der Waals surface area contributed by atoms with Crippen molar-refractivity contribution in [3.63, 3.8) is 0 Å². The van der Waals surface area contributed by atoms with E-state index >= 15 is 0 Å². The van der Waals surface area contributed by atoms with E-state index in [1.807, 2.05) is 7.05 Å². The van der Waals surface area contributed by atoms with E-state index < -0.39 is 7.55 Å². The van der Waals surface area contributed by atoms with Gasteiger partial charge in [0.05, 0.1) is 0 Å². The summed E-state index contributed by atoms with van der Waals surface area (Å²) in [6, 6.07) is 0. The molecule has 0 aromatic carbocycles. The molecule has 0 bridgehead atoms. The maximum absolute atomic E-state index is 6.54. The Morgan fingerprint density at radius 3 is 1.91 bits per heavy atom. The lowest BCUT2D eigenvalue weighted by Gasteiger charge is -2.33. The monoisotopic (exact) mass is 193 g/mol. The molecule has 0 amide bonds. The van der Waals surface area contributed by atoms with Crippen molar-refractivity contribution >= 4 is 18.6 Å². The van der Waals surface area contributed by atoms with Crippen molar-refractivity contribution in [2.24, 2.45) is 0 Å². The normalized spacial score (nSPS) is 19.9. The Morgan fingerprint density at radius 1 is 1.36 bits per heavy atom. The minimum absolute atomic E-state index is 0.601. The number of halogens is 1. The highest BCUT2D eigenvalue weighted by Gasteiger charge is 2.38. The van der Waals surface area contributed by atoms with Crippen molar-refractivity contribution < 1.29 is 0 Å². The van der Waals surface area contributed by atoms with Crippen LogP contribution in [0.4, 0.5) is 0 Å². The second kappa shape index (κ2) is 4.48.